The highest BCUT2D eigenvalue weighted by atomic mass is 32.2. The summed E-state index contributed by atoms with van der Waals surface area (Å²) in [5, 5.41) is 12.2. The highest BCUT2D eigenvalue weighted by Crippen LogP contribution is 2.20. The Hall–Kier alpha value is -1.58. The van der Waals surface area contributed by atoms with Crippen LogP contribution in [0.15, 0.2) is 11.4 Å². The van der Waals surface area contributed by atoms with Crippen molar-refractivity contribution in [3.05, 3.63) is 21.9 Å². The van der Waals surface area contributed by atoms with E-state index in [1.807, 2.05) is 23.1 Å². The molecule has 24 heavy (non-hydrogen) atoms. The number of anilines is 2. The van der Waals surface area contributed by atoms with Gasteiger partial charge in [-0.1, -0.05) is 0 Å². The molecule has 2 aromatic heterocycles. The third-order valence-corrected chi connectivity index (χ3v) is 5.03. The number of aryl methyl sites for hydroxylation is 1. The highest BCUT2D eigenvalue weighted by molar-refractivity contribution is 7.98. The molecule has 0 aliphatic rings. The SMILES string of the molecule is CC(=O)Nc1nc(NCCSCc2csc(CN(C)C)c2)n(C)n1. The number of hydrogen-bond donors (Lipinski definition) is 2. The standard InChI is InChI=1S/C15H24N6OS2/c1-11(22)17-14-18-15(21(4)19-14)16-5-6-23-9-12-7-13(24-10-12)8-20(2)3/h7,10H,5-6,8-9H2,1-4H3,(H2,16,17,18,19,22). The molecule has 0 saturated carbocycles. The Morgan fingerprint density at radius 2 is 2.25 bits per heavy atom. The summed E-state index contributed by atoms with van der Waals surface area (Å²) in [6.07, 6.45) is 0. The monoisotopic (exact) mass is 368 g/mol. The van der Waals surface area contributed by atoms with Gasteiger partial charge in [0.05, 0.1) is 0 Å². The minimum atomic E-state index is -0.174. The lowest BCUT2D eigenvalue weighted by Gasteiger charge is -2.06. The van der Waals surface area contributed by atoms with E-state index in [4.69, 9.17) is 0 Å². The highest BCUT2D eigenvalue weighted by Gasteiger charge is 2.07. The molecule has 0 atom stereocenters. The summed E-state index contributed by atoms with van der Waals surface area (Å²) >= 11 is 3.71. The lowest BCUT2D eigenvalue weighted by atomic mass is 10.3. The fraction of sp³-hybridized carbons (Fsp3) is 0.533. The molecule has 0 spiro atoms. The zero-order chi connectivity index (χ0) is 17.5. The largest absolute Gasteiger partial charge is 0.354 e. The smallest absolute Gasteiger partial charge is 0.250 e. The third kappa shape index (κ3) is 6.14. The minimum absolute atomic E-state index is 0.174. The number of thiophene rings is 1. The number of rotatable bonds is 9. The number of carbonyl (C=O) groups is 1. The van der Waals surface area contributed by atoms with Gasteiger partial charge in [-0.3, -0.25) is 10.1 Å². The molecular formula is C15H24N6OS2. The number of nitrogens with zero attached hydrogens (tertiary/aromatic N) is 4. The van der Waals surface area contributed by atoms with Crippen LogP contribution in [0.2, 0.25) is 0 Å². The maximum absolute atomic E-state index is 11.0. The van der Waals surface area contributed by atoms with Crippen LogP contribution in [0, 0.1) is 0 Å². The number of aromatic nitrogens is 3. The molecule has 0 aliphatic carbocycles. The Bertz CT molecular complexity index is 667. The summed E-state index contributed by atoms with van der Waals surface area (Å²) in [6, 6.07) is 2.29. The lowest BCUT2D eigenvalue weighted by Crippen LogP contribution is -2.09. The second kappa shape index (κ2) is 9.05. The van der Waals surface area contributed by atoms with Gasteiger partial charge in [-0.2, -0.15) is 16.7 Å². The van der Waals surface area contributed by atoms with Crippen molar-refractivity contribution in [3.63, 3.8) is 0 Å². The molecule has 0 unspecified atom stereocenters. The first kappa shape index (κ1) is 18.8. The molecule has 9 heteroatoms. The fourth-order valence-corrected chi connectivity index (χ4v) is 3.98. The van der Waals surface area contributed by atoms with E-state index in [1.165, 1.54) is 17.4 Å². The summed E-state index contributed by atoms with van der Waals surface area (Å²) in [4.78, 5) is 18.8. The van der Waals surface area contributed by atoms with Crippen LogP contribution < -0.4 is 10.6 Å². The number of nitrogens with one attached hydrogen (secondary N) is 2. The summed E-state index contributed by atoms with van der Waals surface area (Å²) in [5.74, 6) is 2.80. The van der Waals surface area contributed by atoms with Crippen molar-refractivity contribution in [3.8, 4) is 0 Å². The summed E-state index contributed by atoms with van der Waals surface area (Å²) in [7, 11) is 5.97. The lowest BCUT2D eigenvalue weighted by molar-refractivity contribution is -0.114. The Labute approximate surface area is 150 Å². The molecule has 0 saturated heterocycles. The van der Waals surface area contributed by atoms with Crippen molar-refractivity contribution in [1.82, 2.24) is 19.7 Å². The molecule has 0 aromatic carbocycles. The first-order chi connectivity index (χ1) is 11.4. The molecule has 2 aromatic rings. The van der Waals surface area contributed by atoms with E-state index in [0.29, 0.717) is 11.9 Å². The van der Waals surface area contributed by atoms with Crippen LogP contribution in [0.5, 0.6) is 0 Å². The number of carbonyl (C=O) groups excluding carboxylic acids is 1. The van der Waals surface area contributed by atoms with Gasteiger partial charge in [0.1, 0.15) is 0 Å². The van der Waals surface area contributed by atoms with E-state index in [2.05, 4.69) is 51.2 Å². The van der Waals surface area contributed by atoms with Crippen LogP contribution in [-0.2, 0) is 24.1 Å². The molecular weight excluding hydrogens is 344 g/mol. The van der Waals surface area contributed by atoms with E-state index in [0.717, 1.165) is 24.6 Å². The number of amides is 1. The van der Waals surface area contributed by atoms with E-state index in [1.54, 1.807) is 11.7 Å². The molecule has 0 bridgehead atoms. The normalized spacial score (nSPS) is 11.0. The van der Waals surface area contributed by atoms with Crippen LogP contribution in [0.4, 0.5) is 11.9 Å². The van der Waals surface area contributed by atoms with Crippen LogP contribution >= 0.6 is 23.1 Å². The Morgan fingerprint density at radius 1 is 1.46 bits per heavy atom. The third-order valence-electron chi connectivity index (χ3n) is 3.03. The summed E-state index contributed by atoms with van der Waals surface area (Å²) in [5.41, 5.74) is 1.38. The molecule has 1 amide bonds. The molecule has 7 nitrogen and oxygen atoms in total. The van der Waals surface area contributed by atoms with Crippen LogP contribution in [0.1, 0.15) is 17.4 Å². The number of hydrogen-bond acceptors (Lipinski definition) is 7. The van der Waals surface area contributed by atoms with Gasteiger partial charge in [0, 0.05) is 43.4 Å². The van der Waals surface area contributed by atoms with Crippen molar-refractivity contribution < 1.29 is 4.79 Å². The number of thioether (sulfide) groups is 1. The zero-order valence-electron chi connectivity index (χ0n) is 14.5. The molecule has 0 radical (unpaired) electrons. The van der Waals surface area contributed by atoms with Crippen LogP contribution in [-0.4, -0.2) is 52.0 Å². The Balaban J connectivity index is 1.69. The van der Waals surface area contributed by atoms with Gasteiger partial charge >= 0.3 is 0 Å². The minimum Gasteiger partial charge on any atom is -0.354 e. The van der Waals surface area contributed by atoms with Crippen LogP contribution in [0.3, 0.4) is 0 Å². The predicted molar refractivity (Wildman–Crippen MR) is 102 cm³/mol. The van der Waals surface area contributed by atoms with Crippen LogP contribution in [0.25, 0.3) is 0 Å². The molecule has 0 fully saturated rings. The molecule has 132 valence electrons. The van der Waals surface area contributed by atoms with E-state index >= 15 is 0 Å². The van der Waals surface area contributed by atoms with Crippen molar-refractivity contribution >= 4 is 40.9 Å². The van der Waals surface area contributed by atoms with Crippen molar-refractivity contribution in [1.29, 1.82) is 0 Å². The zero-order valence-corrected chi connectivity index (χ0v) is 16.1. The molecule has 2 N–H and O–H groups in total. The van der Waals surface area contributed by atoms with Gasteiger partial charge in [-0.25, -0.2) is 4.68 Å². The predicted octanol–water partition coefficient (Wildman–Crippen LogP) is 2.24. The summed E-state index contributed by atoms with van der Waals surface area (Å²) in [6.45, 7) is 3.24. The van der Waals surface area contributed by atoms with E-state index < -0.39 is 0 Å². The molecule has 2 rings (SSSR count). The molecule has 2 heterocycles. The quantitative estimate of drug-likeness (QED) is 0.661. The van der Waals surface area contributed by atoms with Gasteiger partial charge in [0.2, 0.25) is 11.9 Å². The average Bonchev–Trinajstić information content (AvgIpc) is 3.04. The maximum Gasteiger partial charge on any atom is 0.250 e. The van der Waals surface area contributed by atoms with E-state index in [-0.39, 0.29) is 5.91 Å². The first-order valence-corrected chi connectivity index (χ1v) is 9.68. The van der Waals surface area contributed by atoms with E-state index in [9.17, 15) is 4.79 Å². The van der Waals surface area contributed by atoms with Gasteiger partial charge in [-0.15, -0.1) is 16.4 Å². The Kier molecular flexibility index (Phi) is 7.07. The maximum atomic E-state index is 11.0. The van der Waals surface area contributed by atoms with Crippen molar-refractivity contribution in [2.24, 2.45) is 7.05 Å². The first-order valence-electron chi connectivity index (χ1n) is 7.65. The second-order valence-electron chi connectivity index (χ2n) is 5.70. The van der Waals surface area contributed by atoms with Gasteiger partial charge < -0.3 is 10.2 Å². The molecule has 0 aliphatic heterocycles. The van der Waals surface area contributed by atoms with Crippen molar-refractivity contribution in [2.75, 3.05) is 37.0 Å². The van der Waals surface area contributed by atoms with Gasteiger partial charge in [-0.05, 0) is 31.1 Å². The van der Waals surface area contributed by atoms with Gasteiger partial charge in [0.15, 0.2) is 0 Å². The average molecular weight is 369 g/mol. The fourth-order valence-electron chi connectivity index (χ4n) is 2.07. The summed E-state index contributed by atoms with van der Waals surface area (Å²) < 4.78 is 1.63. The second-order valence-corrected chi connectivity index (χ2v) is 7.80. The van der Waals surface area contributed by atoms with Gasteiger partial charge in [0.25, 0.3) is 5.95 Å². The topological polar surface area (TPSA) is 75.1 Å². The van der Waals surface area contributed by atoms with Crippen molar-refractivity contribution in [2.45, 2.75) is 19.2 Å². The Morgan fingerprint density at radius 3 is 2.96 bits per heavy atom.